The van der Waals surface area contributed by atoms with Gasteiger partial charge in [0.2, 0.25) is 0 Å². The number of hydrogen-bond donors (Lipinski definition) is 2. The van der Waals surface area contributed by atoms with Gasteiger partial charge in [-0.2, -0.15) is 5.10 Å². The number of carbonyl (C=O) groups is 2. The average Bonchev–Trinajstić information content (AvgIpc) is 3.54. The molecule has 1 aliphatic heterocycles. The third-order valence-electron chi connectivity index (χ3n) is 6.21. The number of pyridine rings is 1. The van der Waals surface area contributed by atoms with Crippen LogP contribution < -0.4 is 11.1 Å². The van der Waals surface area contributed by atoms with Gasteiger partial charge in [0.05, 0.1) is 18.0 Å². The molecule has 0 bridgehead atoms. The summed E-state index contributed by atoms with van der Waals surface area (Å²) in [4.78, 5) is 43.1. The number of nitrogens with two attached hydrogens (primary N) is 1. The van der Waals surface area contributed by atoms with Crippen LogP contribution in [0.1, 0.15) is 43.6 Å². The molecule has 4 aromatic rings. The van der Waals surface area contributed by atoms with E-state index in [1.807, 2.05) is 20.8 Å². The van der Waals surface area contributed by atoms with Crippen LogP contribution >= 0.6 is 0 Å². The molecule has 198 valence electrons. The molecule has 39 heavy (non-hydrogen) atoms. The zero-order valence-corrected chi connectivity index (χ0v) is 21.8. The molecular formula is C27H27N9O3. The van der Waals surface area contributed by atoms with Crippen molar-refractivity contribution in [1.29, 1.82) is 0 Å². The Kier molecular flexibility index (Phi) is 6.57. The van der Waals surface area contributed by atoms with Gasteiger partial charge < -0.3 is 20.7 Å². The first-order valence-corrected chi connectivity index (χ1v) is 12.3. The Morgan fingerprint density at radius 3 is 2.64 bits per heavy atom. The second-order valence-electron chi connectivity index (χ2n) is 10.2. The Labute approximate surface area is 224 Å². The van der Waals surface area contributed by atoms with Crippen molar-refractivity contribution in [2.45, 2.75) is 38.8 Å². The molecule has 3 N–H and O–H groups in total. The quantitative estimate of drug-likeness (QED) is 0.372. The van der Waals surface area contributed by atoms with E-state index in [1.54, 1.807) is 39.9 Å². The number of rotatable bonds is 4. The van der Waals surface area contributed by atoms with Gasteiger partial charge in [-0.3, -0.25) is 4.79 Å². The minimum absolute atomic E-state index is 0.119. The molecule has 0 spiro atoms. The van der Waals surface area contributed by atoms with Crippen molar-refractivity contribution in [1.82, 2.24) is 29.6 Å². The Morgan fingerprint density at radius 1 is 1.15 bits per heavy atom. The zero-order chi connectivity index (χ0) is 27.7. The molecule has 1 aromatic carbocycles. The van der Waals surface area contributed by atoms with E-state index in [0.717, 1.165) is 5.56 Å². The molecule has 5 rings (SSSR count). The van der Waals surface area contributed by atoms with E-state index in [-0.39, 0.29) is 23.9 Å². The summed E-state index contributed by atoms with van der Waals surface area (Å²) >= 11 is 0. The van der Waals surface area contributed by atoms with Crippen molar-refractivity contribution in [3.05, 3.63) is 65.9 Å². The normalized spacial score (nSPS) is 15.2. The lowest BCUT2D eigenvalue weighted by atomic mass is 10.1. The van der Waals surface area contributed by atoms with Crippen molar-refractivity contribution < 1.29 is 14.3 Å². The zero-order valence-electron chi connectivity index (χ0n) is 21.8. The van der Waals surface area contributed by atoms with Crippen LogP contribution in [-0.4, -0.2) is 60.3 Å². The summed E-state index contributed by atoms with van der Waals surface area (Å²) in [5.41, 5.74) is 8.35. The van der Waals surface area contributed by atoms with Crippen molar-refractivity contribution in [3.8, 4) is 11.3 Å². The van der Waals surface area contributed by atoms with Gasteiger partial charge in [-0.1, -0.05) is 12.1 Å². The van der Waals surface area contributed by atoms with Gasteiger partial charge in [0.1, 0.15) is 29.3 Å². The summed E-state index contributed by atoms with van der Waals surface area (Å²) in [7, 11) is 0. The van der Waals surface area contributed by atoms with E-state index in [4.69, 9.17) is 22.1 Å². The van der Waals surface area contributed by atoms with Crippen LogP contribution in [0, 0.1) is 6.57 Å². The second-order valence-corrected chi connectivity index (χ2v) is 10.2. The molecule has 1 saturated heterocycles. The maximum atomic E-state index is 12.7. The number of hydrogen-bond acceptors (Lipinski definition) is 8. The lowest BCUT2D eigenvalue weighted by Gasteiger charge is -2.24. The molecule has 0 radical (unpaired) electrons. The molecule has 12 nitrogen and oxygen atoms in total. The Bertz CT molecular complexity index is 1600. The van der Waals surface area contributed by atoms with Gasteiger partial charge in [-0.15, -0.1) is 0 Å². The average molecular weight is 526 g/mol. The number of fused-ring (bicyclic) bond motifs is 1. The van der Waals surface area contributed by atoms with Crippen molar-refractivity contribution in [3.63, 3.8) is 0 Å². The maximum Gasteiger partial charge on any atom is 0.410 e. The number of nitrogen functional groups attached to an aromatic ring is 1. The van der Waals surface area contributed by atoms with Gasteiger partial charge in [0, 0.05) is 30.4 Å². The highest BCUT2D eigenvalue weighted by Crippen LogP contribution is 2.34. The number of aromatic nitrogens is 5. The smallest absolute Gasteiger partial charge is 0.410 e. The minimum Gasteiger partial charge on any atom is -0.444 e. The van der Waals surface area contributed by atoms with Crippen molar-refractivity contribution in [2.24, 2.45) is 0 Å². The highest BCUT2D eigenvalue weighted by Gasteiger charge is 2.33. The van der Waals surface area contributed by atoms with Crippen LogP contribution in [0.15, 0.2) is 48.9 Å². The second kappa shape index (κ2) is 10.0. The SMILES string of the molecule is [C-]#[N+]c1ccnc(NC(=O)c2ccc(-c3nn([C@@H]4CCN(C(=O)OC(C)(C)C)C4)c4ncnc(N)c34)cc2)c1. The standard InChI is InChI=1S/C27H27N9O3/c1-27(2,3)39-26(38)35-12-10-19(14-35)36-24-21(23(28)31-15-32-24)22(34-36)16-5-7-17(8-6-16)25(37)33-20-13-18(29-4)9-11-30-20/h5-9,11,13,15,19H,10,12,14H2,1-3H3,(H2,28,31,32)(H,30,33,37)/t19-/m1/s1. The first-order chi connectivity index (χ1) is 18.6. The lowest BCUT2D eigenvalue weighted by molar-refractivity contribution is 0.0288. The monoisotopic (exact) mass is 525 g/mol. The van der Waals surface area contributed by atoms with Gasteiger partial charge >= 0.3 is 6.09 Å². The van der Waals surface area contributed by atoms with E-state index < -0.39 is 5.60 Å². The van der Waals surface area contributed by atoms with E-state index in [1.165, 1.54) is 18.6 Å². The molecule has 4 heterocycles. The van der Waals surface area contributed by atoms with E-state index in [9.17, 15) is 9.59 Å². The molecule has 2 amide bonds. The molecule has 1 aliphatic rings. The van der Waals surface area contributed by atoms with Gasteiger partial charge in [-0.05, 0) is 51.5 Å². The predicted molar refractivity (Wildman–Crippen MR) is 145 cm³/mol. The van der Waals surface area contributed by atoms with Crippen molar-refractivity contribution >= 4 is 40.4 Å². The molecule has 0 saturated carbocycles. The largest absolute Gasteiger partial charge is 0.444 e. The Morgan fingerprint density at radius 2 is 1.92 bits per heavy atom. The van der Waals surface area contributed by atoms with Crippen LogP contribution in [-0.2, 0) is 4.74 Å². The van der Waals surface area contributed by atoms with Gasteiger partial charge in [0.25, 0.3) is 5.91 Å². The highest BCUT2D eigenvalue weighted by molar-refractivity contribution is 6.04. The number of anilines is 2. The molecule has 0 aliphatic carbocycles. The number of nitrogens with zero attached hydrogens (tertiary/aromatic N) is 7. The number of amides is 2. The summed E-state index contributed by atoms with van der Waals surface area (Å²) in [6.45, 7) is 13.6. The summed E-state index contributed by atoms with van der Waals surface area (Å²) in [5, 5.41) is 8.15. The summed E-state index contributed by atoms with van der Waals surface area (Å²) in [5.74, 6) is 0.225. The molecule has 3 aromatic heterocycles. The fourth-order valence-corrected chi connectivity index (χ4v) is 4.41. The molecule has 1 atom stereocenters. The summed E-state index contributed by atoms with van der Waals surface area (Å²) in [6, 6.07) is 9.86. The van der Waals surface area contributed by atoms with E-state index >= 15 is 0 Å². The summed E-state index contributed by atoms with van der Waals surface area (Å²) < 4.78 is 7.32. The van der Waals surface area contributed by atoms with E-state index in [2.05, 4.69) is 25.1 Å². The van der Waals surface area contributed by atoms with Crippen LogP contribution in [0.2, 0.25) is 0 Å². The lowest BCUT2D eigenvalue weighted by Crippen LogP contribution is -2.35. The fraction of sp³-hybridized carbons (Fsp3) is 0.296. The number of likely N-dealkylation sites (tertiary alicyclic amines) is 1. The molecule has 12 heteroatoms. The Balaban J connectivity index is 1.40. The topological polar surface area (TPSA) is 146 Å². The fourth-order valence-electron chi connectivity index (χ4n) is 4.41. The van der Waals surface area contributed by atoms with Crippen molar-refractivity contribution in [2.75, 3.05) is 24.1 Å². The molecular weight excluding hydrogens is 498 g/mol. The number of nitrogens with one attached hydrogen (secondary N) is 1. The van der Waals surface area contributed by atoms with Crippen LogP contribution in [0.4, 0.5) is 22.1 Å². The highest BCUT2D eigenvalue weighted by atomic mass is 16.6. The summed E-state index contributed by atoms with van der Waals surface area (Å²) in [6.07, 6.45) is 3.18. The van der Waals surface area contributed by atoms with Crippen LogP contribution in [0.5, 0.6) is 0 Å². The van der Waals surface area contributed by atoms with E-state index in [0.29, 0.717) is 53.3 Å². The Hall–Kier alpha value is -5.05. The van der Waals surface area contributed by atoms with Crippen LogP contribution in [0.3, 0.4) is 0 Å². The van der Waals surface area contributed by atoms with Gasteiger partial charge in [-0.25, -0.2) is 29.3 Å². The number of benzene rings is 1. The number of ether oxygens (including phenoxy) is 1. The van der Waals surface area contributed by atoms with Gasteiger partial charge in [0.15, 0.2) is 11.3 Å². The minimum atomic E-state index is -0.580. The first kappa shape index (κ1) is 25.6. The number of carbonyl (C=O) groups excluding carboxylic acids is 2. The molecule has 0 unspecified atom stereocenters. The third kappa shape index (κ3) is 5.33. The first-order valence-electron chi connectivity index (χ1n) is 12.3. The maximum absolute atomic E-state index is 12.7. The predicted octanol–water partition coefficient (Wildman–Crippen LogP) is 4.46. The third-order valence-corrected chi connectivity index (χ3v) is 6.21. The van der Waals surface area contributed by atoms with Crippen LogP contribution in [0.25, 0.3) is 27.1 Å². The molecule has 1 fully saturated rings.